The van der Waals surface area contributed by atoms with Crippen molar-refractivity contribution >= 4 is 17.3 Å². The topological polar surface area (TPSA) is 83.7 Å². The Labute approximate surface area is 101 Å². The van der Waals surface area contributed by atoms with Crippen LogP contribution in [0.1, 0.15) is 6.42 Å². The minimum absolute atomic E-state index is 0.0981. The van der Waals surface area contributed by atoms with E-state index in [-0.39, 0.29) is 18.7 Å². The Morgan fingerprint density at radius 2 is 2.11 bits per heavy atom. The molecule has 1 N–H and O–H groups in total. The second kappa shape index (κ2) is 5.39. The van der Waals surface area contributed by atoms with E-state index in [1.165, 1.54) is 7.05 Å². The van der Waals surface area contributed by atoms with E-state index in [4.69, 9.17) is 5.11 Å². The van der Waals surface area contributed by atoms with Crippen molar-refractivity contribution in [3.05, 3.63) is 33.9 Å². The number of nitrogens with zero attached hydrogens (tertiary/aromatic N) is 2. The molecule has 0 amide bonds. The molecular weight excluding hydrogens is 250 g/mol. The SMILES string of the molecule is CN(CCC(=O)O)c1cc(F)cc(F)c1[N+](=O)[O-]. The number of hydrogen-bond donors (Lipinski definition) is 1. The van der Waals surface area contributed by atoms with Crippen molar-refractivity contribution < 1.29 is 23.6 Å². The van der Waals surface area contributed by atoms with Crippen LogP contribution in [0.5, 0.6) is 0 Å². The molecule has 8 heteroatoms. The number of halogens is 2. The zero-order valence-electron chi connectivity index (χ0n) is 9.39. The Balaban J connectivity index is 3.13. The third-order valence-corrected chi connectivity index (χ3v) is 2.26. The first kappa shape index (κ1) is 13.8. The molecule has 0 aliphatic heterocycles. The summed E-state index contributed by atoms with van der Waals surface area (Å²) >= 11 is 0. The van der Waals surface area contributed by atoms with E-state index in [9.17, 15) is 23.7 Å². The Kier molecular flexibility index (Phi) is 4.13. The zero-order valence-corrected chi connectivity index (χ0v) is 9.39. The molecule has 1 aromatic rings. The zero-order chi connectivity index (χ0) is 13.9. The molecule has 0 fully saturated rings. The minimum Gasteiger partial charge on any atom is -0.481 e. The first-order valence-electron chi connectivity index (χ1n) is 4.89. The molecule has 0 aliphatic carbocycles. The molecule has 98 valence electrons. The van der Waals surface area contributed by atoms with Gasteiger partial charge in [0.2, 0.25) is 5.82 Å². The third-order valence-electron chi connectivity index (χ3n) is 2.26. The van der Waals surface area contributed by atoms with Gasteiger partial charge in [-0.05, 0) is 0 Å². The largest absolute Gasteiger partial charge is 0.481 e. The number of aliphatic carboxylic acids is 1. The van der Waals surface area contributed by atoms with Crippen molar-refractivity contribution in [3.8, 4) is 0 Å². The van der Waals surface area contributed by atoms with Gasteiger partial charge in [0.05, 0.1) is 11.3 Å². The van der Waals surface area contributed by atoms with Gasteiger partial charge in [0.15, 0.2) is 0 Å². The fourth-order valence-corrected chi connectivity index (χ4v) is 1.41. The lowest BCUT2D eigenvalue weighted by atomic mass is 10.2. The molecule has 6 nitrogen and oxygen atoms in total. The molecule has 0 radical (unpaired) electrons. The lowest BCUT2D eigenvalue weighted by Crippen LogP contribution is -2.22. The maximum absolute atomic E-state index is 13.3. The first-order chi connectivity index (χ1) is 8.32. The summed E-state index contributed by atoms with van der Waals surface area (Å²) < 4.78 is 26.3. The van der Waals surface area contributed by atoms with Gasteiger partial charge in [-0.3, -0.25) is 14.9 Å². The van der Waals surface area contributed by atoms with Crippen LogP contribution in [0.2, 0.25) is 0 Å². The van der Waals surface area contributed by atoms with Gasteiger partial charge in [0.25, 0.3) is 0 Å². The number of carboxylic acid groups (broad SMARTS) is 1. The Morgan fingerprint density at radius 3 is 2.61 bits per heavy atom. The fourth-order valence-electron chi connectivity index (χ4n) is 1.41. The summed E-state index contributed by atoms with van der Waals surface area (Å²) in [6.45, 7) is -0.0981. The number of carbonyl (C=O) groups is 1. The summed E-state index contributed by atoms with van der Waals surface area (Å²) in [6.07, 6.45) is -0.300. The summed E-state index contributed by atoms with van der Waals surface area (Å²) in [5, 5.41) is 19.2. The smallest absolute Gasteiger partial charge is 0.328 e. The van der Waals surface area contributed by atoms with Crippen molar-refractivity contribution in [2.75, 3.05) is 18.5 Å². The third kappa shape index (κ3) is 3.12. The minimum atomic E-state index is -1.29. The Bertz CT molecular complexity index is 493. The molecule has 0 unspecified atom stereocenters. The van der Waals surface area contributed by atoms with Crippen molar-refractivity contribution in [2.45, 2.75) is 6.42 Å². The molecule has 0 heterocycles. The summed E-state index contributed by atoms with van der Waals surface area (Å²) in [5.74, 6) is -3.37. The maximum Gasteiger partial charge on any atom is 0.328 e. The molecule has 0 aromatic heterocycles. The number of nitro groups is 1. The van der Waals surface area contributed by atoms with E-state index in [0.717, 1.165) is 11.0 Å². The highest BCUT2D eigenvalue weighted by Crippen LogP contribution is 2.31. The number of nitro benzene ring substituents is 1. The number of anilines is 1. The Morgan fingerprint density at radius 1 is 1.50 bits per heavy atom. The van der Waals surface area contributed by atoms with Gasteiger partial charge in [-0.2, -0.15) is 4.39 Å². The van der Waals surface area contributed by atoms with E-state index < -0.39 is 28.2 Å². The average Bonchev–Trinajstić information content (AvgIpc) is 2.23. The van der Waals surface area contributed by atoms with E-state index in [1.807, 2.05) is 0 Å². The number of rotatable bonds is 5. The van der Waals surface area contributed by atoms with Crippen LogP contribution in [-0.4, -0.2) is 29.6 Å². The second-order valence-electron chi connectivity index (χ2n) is 3.58. The normalized spacial score (nSPS) is 10.2. The highest BCUT2D eigenvalue weighted by Gasteiger charge is 2.24. The second-order valence-corrected chi connectivity index (χ2v) is 3.58. The van der Waals surface area contributed by atoms with Crippen LogP contribution in [0.4, 0.5) is 20.2 Å². The molecule has 18 heavy (non-hydrogen) atoms. The fraction of sp³-hybridized carbons (Fsp3) is 0.300. The molecular formula is C10H10F2N2O4. The van der Waals surface area contributed by atoms with Gasteiger partial charge < -0.3 is 10.0 Å². The lowest BCUT2D eigenvalue weighted by Gasteiger charge is -2.18. The van der Waals surface area contributed by atoms with Gasteiger partial charge in [-0.15, -0.1) is 0 Å². The summed E-state index contributed by atoms with van der Waals surface area (Å²) in [4.78, 5) is 21.2. The summed E-state index contributed by atoms with van der Waals surface area (Å²) in [7, 11) is 1.32. The highest BCUT2D eigenvalue weighted by atomic mass is 19.1. The van der Waals surface area contributed by atoms with Crippen LogP contribution in [0.15, 0.2) is 12.1 Å². The van der Waals surface area contributed by atoms with Crippen LogP contribution in [0, 0.1) is 21.7 Å². The average molecular weight is 260 g/mol. The van der Waals surface area contributed by atoms with E-state index in [2.05, 4.69) is 0 Å². The van der Waals surface area contributed by atoms with Crippen LogP contribution in [0.3, 0.4) is 0 Å². The molecule has 0 atom stereocenters. The van der Waals surface area contributed by atoms with Crippen LogP contribution < -0.4 is 4.90 Å². The van der Waals surface area contributed by atoms with Gasteiger partial charge in [-0.1, -0.05) is 0 Å². The molecule has 1 rings (SSSR count). The van der Waals surface area contributed by atoms with Crippen molar-refractivity contribution in [1.29, 1.82) is 0 Å². The number of hydrogen-bond acceptors (Lipinski definition) is 4. The summed E-state index contributed by atoms with van der Waals surface area (Å²) in [6, 6.07) is 1.20. The van der Waals surface area contributed by atoms with E-state index >= 15 is 0 Å². The van der Waals surface area contributed by atoms with Crippen molar-refractivity contribution in [3.63, 3.8) is 0 Å². The monoisotopic (exact) mass is 260 g/mol. The predicted octanol–water partition coefficient (Wildman–Crippen LogP) is 1.78. The highest BCUT2D eigenvalue weighted by molar-refractivity contribution is 5.69. The first-order valence-corrected chi connectivity index (χ1v) is 4.89. The van der Waals surface area contributed by atoms with E-state index in [0.29, 0.717) is 6.07 Å². The van der Waals surface area contributed by atoms with Gasteiger partial charge in [-0.25, -0.2) is 4.39 Å². The molecule has 0 aliphatic rings. The number of benzene rings is 1. The molecule has 0 saturated carbocycles. The molecule has 0 spiro atoms. The van der Waals surface area contributed by atoms with Gasteiger partial charge in [0.1, 0.15) is 11.5 Å². The van der Waals surface area contributed by atoms with Gasteiger partial charge >= 0.3 is 11.7 Å². The van der Waals surface area contributed by atoms with Crippen molar-refractivity contribution in [1.82, 2.24) is 0 Å². The molecule has 0 saturated heterocycles. The lowest BCUT2D eigenvalue weighted by molar-refractivity contribution is -0.386. The van der Waals surface area contributed by atoms with Gasteiger partial charge in [0, 0.05) is 25.7 Å². The Hall–Kier alpha value is -2.25. The predicted molar refractivity (Wildman–Crippen MR) is 58.5 cm³/mol. The standard InChI is InChI=1S/C10H10F2N2O4/c1-13(3-2-9(15)16)8-5-6(11)4-7(12)10(8)14(17)18/h4-5H,2-3H2,1H3,(H,15,16). The molecule has 1 aromatic carbocycles. The molecule has 0 bridgehead atoms. The van der Waals surface area contributed by atoms with Crippen LogP contribution >= 0.6 is 0 Å². The van der Waals surface area contributed by atoms with Crippen molar-refractivity contribution in [2.24, 2.45) is 0 Å². The van der Waals surface area contributed by atoms with E-state index in [1.54, 1.807) is 0 Å². The number of carboxylic acids is 1. The maximum atomic E-state index is 13.3. The van der Waals surface area contributed by atoms with Crippen LogP contribution in [-0.2, 0) is 4.79 Å². The summed E-state index contributed by atoms with van der Waals surface area (Å²) in [5.41, 5.74) is -1.16. The van der Waals surface area contributed by atoms with Crippen LogP contribution in [0.25, 0.3) is 0 Å². The quantitative estimate of drug-likeness (QED) is 0.644.